The third-order valence-corrected chi connectivity index (χ3v) is 5.36. The lowest BCUT2D eigenvalue weighted by atomic mass is 10.1. The monoisotopic (exact) mass is 344 g/mol. The van der Waals surface area contributed by atoms with Gasteiger partial charge in [0.2, 0.25) is 5.43 Å². The summed E-state index contributed by atoms with van der Waals surface area (Å²) in [6, 6.07) is 11.6. The minimum absolute atomic E-state index is 0.0543. The van der Waals surface area contributed by atoms with E-state index in [2.05, 4.69) is 33.8 Å². The van der Waals surface area contributed by atoms with E-state index in [0.717, 1.165) is 9.79 Å². The molecule has 0 spiro atoms. The van der Waals surface area contributed by atoms with Gasteiger partial charge in [-0.15, -0.1) is 23.5 Å². The first-order valence-corrected chi connectivity index (χ1v) is 9.54. The van der Waals surface area contributed by atoms with Crippen LogP contribution in [-0.4, -0.2) is 10.5 Å². The maximum absolute atomic E-state index is 12.9. The van der Waals surface area contributed by atoms with Crippen LogP contribution in [0.5, 0.6) is 0 Å². The normalized spacial score (nSPS) is 11.9. The molecule has 23 heavy (non-hydrogen) atoms. The molecule has 0 aliphatic carbocycles. The largest absolute Gasteiger partial charge is 0.455 e. The second-order valence-corrected chi connectivity index (χ2v) is 9.33. The minimum Gasteiger partial charge on any atom is -0.455 e. The standard InChI is InChI=1S/C19H20O2S2/c1-11(2)22-13-9-15-18(20)14-7-5-6-8-16(14)21-19(15)17(10-13)23-12(3)4/h5-12H,1-4H3. The number of para-hydroxylation sites is 1. The smallest absolute Gasteiger partial charge is 0.200 e. The Balaban J connectivity index is 2.34. The molecule has 1 aromatic heterocycles. The molecule has 2 nitrogen and oxygen atoms in total. The lowest BCUT2D eigenvalue weighted by Crippen LogP contribution is -2.03. The van der Waals surface area contributed by atoms with Gasteiger partial charge in [0.1, 0.15) is 5.58 Å². The summed E-state index contributed by atoms with van der Waals surface area (Å²) in [5, 5.41) is 2.22. The molecule has 0 unspecified atom stereocenters. The van der Waals surface area contributed by atoms with Crippen LogP contribution in [0.1, 0.15) is 27.7 Å². The molecule has 0 aliphatic rings. The predicted molar refractivity (Wildman–Crippen MR) is 102 cm³/mol. The second kappa shape index (κ2) is 6.62. The zero-order valence-corrected chi connectivity index (χ0v) is 15.4. The van der Waals surface area contributed by atoms with Crippen LogP contribution in [0.4, 0.5) is 0 Å². The molecule has 0 saturated heterocycles. The van der Waals surface area contributed by atoms with Crippen LogP contribution in [0.3, 0.4) is 0 Å². The quantitative estimate of drug-likeness (QED) is 0.432. The summed E-state index contributed by atoms with van der Waals surface area (Å²) < 4.78 is 6.09. The molecule has 3 aromatic rings. The molecule has 0 bridgehead atoms. The van der Waals surface area contributed by atoms with Gasteiger partial charge in [0.05, 0.1) is 15.7 Å². The van der Waals surface area contributed by atoms with Crippen molar-refractivity contribution in [3.05, 3.63) is 46.6 Å². The molecule has 120 valence electrons. The molecular weight excluding hydrogens is 324 g/mol. The number of benzene rings is 2. The third kappa shape index (κ3) is 3.43. The summed E-state index contributed by atoms with van der Waals surface area (Å²) in [6.07, 6.45) is 0. The molecule has 0 N–H and O–H groups in total. The van der Waals surface area contributed by atoms with Crippen LogP contribution in [0.2, 0.25) is 0 Å². The first kappa shape index (κ1) is 16.5. The highest BCUT2D eigenvalue weighted by Gasteiger charge is 2.15. The van der Waals surface area contributed by atoms with Crippen molar-refractivity contribution in [3.8, 4) is 0 Å². The summed E-state index contributed by atoms with van der Waals surface area (Å²) in [5.74, 6) is 0. The van der Waals surface area contributed by atoms with E-state index in [-0.39, 0.29) is 5.43 Å². The highest BCUT2D eigenvalue weighted by Crippen LogP contribution is 2.36. The van der Waals surface area contributed by atoms with Crippen molar-refractivity contribution in [2.45, 2.75) is 48.0 Å². The van der Waals surface area contributed by atoms with Crippen molar-refractivity contribution in [2.75, 3.05) is 0 Å². The van der Waals surface area contributed by atoms with E-state index in [1.54, 1.807) is 23.5 Å². The van der Waals surface area contributed by atoms with Crippen molar-refractivity contribution in [1.29, 1.82) is 0 Å². The average molecular weight is 345 g/mol. The van der Waals surface area contributed by atoms with Gasteiger partial charge in [0.25, 0.3) is 0 Å². The van der Waals surface area contributed by atoms with E-state index in [1.807, 2.05) is 30.3 Å². The summed E-state index contributed by atoms with van der Waals surface area (Å²) in [4.78, 5) is 15.1. The summed E-state index contributed by atoms with van der Waals surface area (Å²) in [5.41, 5.74) is 1.42. The van der Waals surface area contributed by atoms with E-state index < -0.39 is 0 Å². The first-order valence-electron chi connectivity index (χ1n) is 7.78. The van der Waals surface area contributed by atoms with E-state index in [4.69, 9.17) is 4.42 Å². The van der Waals surface area contributed by atoms with Crippen molar-refractivity contribution in [1.82, 2.24) is 0 Å². The zero-order valence-electron chi connectivity index (χ0n) is 13.8. The number of thioether (sulfide) groups is 2. The minimum atomic E-state index is 0.0543. The average Bonchev–Trinajstić information content (AvgIpc) is 2.47. The first-order chi connectivity index (χ1) is 11.0. The molecular formula is C19H20O2S2. The molecule has 0 saturated carbocycles. The Labute approximate surface area is 144 Å². The Hall–Kier alpha value is -1.39. The second-order valence-electron chi connectivity index (χ2n) is 6.06. The SMILES string of the molecule is CC(C)Sc1cc(SC(C)C)c2oc3ccccc3c(=O)c2c1. The van der Waals surface area contributed by atoms with Gasteiger partial charge in [-0.2, -0.15) is 0 Å². The van der Waals surface area contributed by atoms with Crippen molar-refractivity contribution < 1.29 is 4.42 Å². The molecule has 0 radical (unpaired) electrons. The van der Waals surface area contributed by atoms with Gasteiger partial charge < -0.3 is 4.42 Å². The maximum Gasteiger partial charge on any atom is 0.200 e. The van der Waals surface area contributed by atoms with E-state index in [1.165, 1.54) is 0 Å². The molecule has 1 heterocycles. The van der Waals surface area contributed by atoms with Gasteiger partial charge in [-0.05, 0) is 24.3 Å². The van der Waals surface area contributed by atoms with Crippen LogP contribution >= 0.6 is 23.5 Å². The van der Waals surface area contributed by atoms with Crippen LogP contribution < -0.4 is 5.43 Å². The molecule has 0 fully saturated rings. The Morgan fingerprint density at radius 1 is 0.913 bits per heavy atom. The van der Waals surface area contributed by atoms with Crippen LogP contribution in [0.25, 0.3) is 21.9 Å². The Morgan fingerprint density at radius 3 is 2.30 bits per heavy atom. The maximum atomic E-state index is 12.9. The highest BCUT2D eigenvalue weighted by atomic mass is 32.2. The van der Waals surface area contributed by atoms with E-state index in [0.29, 0.717) is 32.4 Å². The van der Waals surface area contributed by atoms with Crippen molar-refractivity contribution in [3.63, 3.8) is 0 Å². The molecule has 0 amide bonds. The van der Waals surface area contributed by atoms with Gasteiger partial charge in [-0.1, -0.05) is 39.8 Å². The van der Waals surface area contributed by atoms with Gasteiger partial charge in [-0.3, -0.25) is 4.79 Å². The van der Waals surface area contributed by atoms with Crippen LogP contribution in [0.15, 0.2) is 55.4 Å². The Morgan fingerprint density at radius 2 is 1.61 bits per heavy atom. The number of rotatable bonds is 4. The Kier molecular flexibility index (Phi) is 4.74. The molecule has 0 aliphatic heterocycles. The van der Waals surface area contributed by atoms with Gasteiger partial charge >= 0.3 is 0 Å². The molecule has 4 heteroatoms. The van der Waals surface area contributed by atoms with Crippen LogP contribution in [-0.2, 0) is 0 Å². The topological polar surface area (TPSA) is 30.2 Å². The van der Waals surface area contributed by atoms with Gasteiger partial charge in [-0.25, -0.2) is 0 Å². The van der Waals surface area contributed by atoms with Gasteiger partial charge in [0.15, 0.2) is 5.58 Å². The lowest BCUT2D eigenvalue weighted by Gasteiger charge is -2.12. The fraction of sp³-hybridized carbons (Fsp3) is 0.316. The van der Waals surface area contributed by atoms with Crippen LogP contribution in [0, 0.1) is 0 Å². The fourth-order valence-corrected chi connectivity index (χ4v) is 4.48. The zero-order chi connectivity index (χ0) is 16.6. The summed E-state index contributed by atoms with van der Waals surface area (Å²) in [7, 11) is 0. The van der Waals surface area contributed by atoms with E-state index in [9.17, 15) is 4.79 Å². The number of hydrogen-bond donors (Lipinski definition) is 0. The predicted octanol–water partition coefficient (Wildman–Crippen LogP) is 5.95. The molecule has 3 rings (SSSR count). The lowest BCUT2D eigenvalue weighted by molar-refractivity contribution is 0.650. The number of fused-ring (bicyclic) bond motifs is 2. The molecule has 0 atom stereocenters. The number of hydrogen-bond acceptors (Lipinski definition) is 4. The fourth-order valence-electron chi connectivity index (χ4n) is 2.53. The summed E-state index contributed by atoms with van der Waals surface area (Å²) >= 11 is 3.52. The van der Waals surface area contributed by atoms with Gasteiger partial charge in [0, 0.05) is 15.4 Å². The van der Waals surface area contributed by atoms with E-state index >= 15 is 0 Å². The Bertz CT molecular complexity index is 910. The molecule has 2 aromatic carbocycles. The van der Waals surface area contributed by atoms with Crippen molar-refractivity contribution >= 4 is 45.5 Å². The third-order valence-electron chi connectivity index (χ3n) is 3.35. The highest BCUT2D eigenvalue weighted by molar-refractivity contribution is 8.00. The van der Waals surface area contributed by atoms with Crippen molar-refractivity contribution in [2.24, 2.45) is 0 Å². The summed E-state index contributed by atoms with van der Waals surface area (Å²) in [6.45, 7) is 8.62.